The van der Waals surface area contributed by atoms with E-state index in [1.807, 2.05) is 30.5 Å². The van der Waals surface area contributed by atoms with Crippen molar-refractivity contribution >= 4 is 53.8 Å². The first-order chi connectivity index (χ1) is 14.7. The highest BCUT2D eigenvalue weighted by molar-refractivity contribution is 5.88. The number of fused-ring (bicyclic) bond motifs is 1. The molecule has 7 nitrogen and oxygen atoms in total. The predicted molar refractivity (Wildman–Crippen MR) is 138 cm³/mol. The van der Waals surface area contributed by atoms with Crippen LogP contribution in [0, 0.1) is 11.3 Å². The van der Waals surface area contributed by atoms with Crippen LogP contribution < -0.4 is 11.1 Å². The smallest absolute Gasteiger partial charge is 0.132 e. The minimum Gasteiger partial charge on any atom is -0.383 e. The predicted octanol–water partition coefficient (Wildman–Crippen LogP) is 4.80. The summed E-state index contributed by atoms with van der Waals surface area (Å²) in [6, 6.07) is 12.1. The molecule has 1 saturated heterocycles. The Morgan fingerprint density at radius 1 is 0.939 bits per heavy atom. The molecule has 4 heterocycles. The third kappa shape index (κ3) is 5.37. The standard InChI is InChI=1S/C23H21N7.3ClH/c24-10-15-1-2-16-11-27-22(9-17(16)7-15)21-8-18(12-28-23(21)25)19-13-29-30(14-19)20-3-5-26-6-4-20;;;/h1-2,7-9,11-14,20,26H,3-6H2,(H2,25,28);3*1H. The molecule has 1 fully saturated rings. The number of halogens is 3. The number of rotatable bonds is 3. The molecule has 172 valence electrons. The quantitative estimate of drug-likeness (QED) is 0.415. The maximum atomic E-state index is 9.18. The summed E-state index contributed by atoms with van der Waals surface area (Å²) in [4.78, 5) is 8.98. The second kappa shape index (κ2) is 11.3. The second-order valence-corrected chi connectivity index (χ2v) is 7.59. The van der Waals surface area contributed by atoms with Gasteiger partial charge in [0.15, 0.2) is 0 Å². The van der Waals surface area contributed by atoms with Gasteiger partial charge in [-0.25, -0.2) is 4.98 Å². The van der Waals surface area contributed by atoms with Crippen LogP contribution >= 0.6 is 37.2 Å². The lowest BCUT2D eigenvalue weighted by Gasteiger charge is -2.22. The molecule has 10 heteroatoms. The van der Waals surface area contributed by atoms with E-state index in [-0.39, 0.29) is 37.2 Å². The number of benzene rings is 1. The van der Waals surface area contributed by atoms with Crippen molar-refractivity contribution in [1.82, 2.24) is 25.1 Å². The summed E-state index contributed by atoms with van der Waals surface area (Å²) in [7, 11) is 0. The van der Waals surface area contributed by atoms with Crippen molar-refractivity contribution < 1.29 is 0 Å². The van der Waals surface area contributed by atoms with Crippen molar-refractivity contribution in [2.45, 2.75) is 18.9 Å². The van der Waals surface area contributed by atoms with Gasteiger partial charge in [-0.2, -0.15) is 10.4 Å². The van der Waals surface area contributed by atoms with Gasteiger partial charge in [-0.1, -0.05) is 6.07 Å². The Morgan fingerprint density at radius 3 is 2.48 bits per heavy atom. The molecule has 0 bridgehead atoms. The number of hydrogen-bond donors (Lipinski definition) is 2. The van der Waals surface area contributed by atoms with Crippen molar-refractivity contribution in [3.63, 3.8) is 0 Å². The van der Waals surface area contributed by atoms with Gasteiger partial charge >= 0.3 is 0 Å². The second-order valence-electron chi connectivity index (χ2n) is 7.59. The van der Waals surface area contributed by atoms with Crippen LogP contribution in [0.1, 0.15) is 24.4 Å². The molecule has 0 radical (unpaired) electrons. The first kappa shape index (κ1) is 26.4. The molecule has 0 unspecified atom stereocenters. The van der Waals surface area contributed by atoms with Gasteiger partial charge in [-0.05, 0) is 55.6 Å². The third-order valence-electron chi connectivity index (χ3n) is 5.66. The highest BCUT2D eigenvalue weighted by Gasteiger charge is 2.17. The summed E-state index contributed by atoms with van der Waals surface area (Å²) >= 11 is 0. The van der Waals surface area contributed by atoms with Gasteiger partial charge in [0.1, 0.15) is 5.82 Å². The van der Waals surface area contributed by atoms with Crippen LogP contribution in [0.15, 0.2) is 55.1 Å². The monoisotopic (exact) mass is 503 g/mol. The van der Waals surface area contributed by atoms with Crippen LogP contribution in [0.3, 0.4) is 0 Å². The lowest BCUT2D eigenvalue weighted by Crippen LogP contribution is -2.29. The Balaban J connectivity index is 0.00000128. The maximum Gasteiger partial charge on any atom is 0.132 e. The van der Waals surface area contributed by atoms with Gasteiger partial charge in [-0.15, -0.1) is 37.2 Å². The molecule has 1 aliphatic heterocycles. The number of piperidine rings is 1. The number of nitrogens with two attached hydrogens (primary N) is 1. The van der Waals surface area contributed by atoms with Crippen molar-refractivity contribution in [2.24, 2.45) is 0 Å². The number of aromatic nitrogens is 4. The summed E-state index contributed by atoms with van der Waals surface area (Å²) in [5, 5.41) is 19.1. The van der Waals surface area contributed by atoms with E-state index in [0.717, 1.165) is 59.1 Å². The zero-order valence-corrected chi connectivity index (χ0v) is 20.1. The summed E-state index contributed by atoms with van der Waals surface area (Å²) < 4.78 is 2.06. The van der Waals surface area contributed by atoms with E-state index in [2.05, 4.69) is 37.3 Å². The van der Waals surface area contributed by atoms with E-state index in [1.54, 1.807) is 18.5 Å². The topological polar surface area (TPSA) is 105 Å². The van der Waals surface area contributed by atoms with E-state index in [4.69, 9.17) is 5.73 Å². The minimum absolute atomic E-state index is 0. The molecule has 0 aliphatic carbocycles. The normalized spacial score (nSPS) is 13.3. The number of nitrogens with zero attached hydrogens (tertiary/aromatic N) is 5. The Kier molecular flexibility index (Phi) is 9.03. The van der Waals surface area contributed by atoms with Crippen LogP contribution in [0.2, 0.25) is 0 Å². The van der Waals surface area contributed by atoms with Gasteiger partial charge < -0.3 is 11.1 Å². The number of nitrogens with one attached hydrogen (secondary N) is 1. The van der Waals surface area contributed by atoms with Crippen LogP contribution in [0.5, 0.6) is 0 Å². The van der Waals surface area contributed by atoms with Gasteiger partial charge in [0.2, 0.25) is 0 Å². The molecule has 3 N–H and O–H groups in total. The van der Waals surface area contributed by atoms with Crippen molar-refractivity contribution in [1.29, 1.82) is 5.26 Å². The minimum atomic E-state index is 0. The van der Waals surface area contributed by atoms with Crippen molar-refractivity contribution in [3.05, 3.63) is 60.7 Å². The summed E-state index contributed by atoms with van der Waals surface area (Å²) in [6.07, 6.45) is 9.70. The Labute approximate surface area is 210 Å². The number of nitrogen functional groups attached to an aromatic ring is 1. The van der Waals surface area contributed by atoms with Crippen LogP contribution in [0.25, 0.3) is 33.2 Å². The molecule has 33 heavy (non-hydrogen) atoms. The number of anilines is 1. The fourth-order valence-corrected chi connectivity index (χ4v) is 3.95. The van der Waals surface area contributed by atoms with E-state index < -0.39 is 0 Å². The fourth-order valence-electron chi connectivity index (χ4n) is 3.95. The van der Waals surface area contributed by atoms with Gasteiger partial charge in [-0.3, -0.25) is 9.67 Å². The molecular weight excluding hydrogens is 481 g/mol. The highest BCUT2D eigenvalue weighted by Crippen LogP contribution is 2.31. The first-order valence-corrected chi connectivity index (χ1v) is 10.0. The fraction of sp³-hybridized carbons (Fsp3) is 0.217. The molecule has 3 aromatic heterocycles. The Morgan fingerprint density at radius 2 is 1.73 bits per heavy atom. The third-order valence-corrected chi connectivity index (χ3v) is 5.66. The van der Waals surface area contributed by atoms with E-state index in [1.165, 1.54) is 0 Å². The largest absolute Gasteiger partial charge is 0.383 e. The molecule has 0 amide bonds. The van der Waals surface area contributed by atoms with Gasteiger partial charge in [0.25, 0.3) is 0 Å². The zero-order chi connectivity index (χ0) is 20.5. The average molecular weight is 505 g/mol. The van der Waals surface area contributed by atoms with E-state index >= 15 is 0 Å². The number of nitriles is 1. The maximum absolute atomic E-state index is 9.18. The van der Waals surface area contributed by atoms with Crippen LogP contribution in [-0.4, -0.2) is 32.8 Å². The molecule has 1 aliphatic rings. The van der Waals surface area contributed by atoms with Gasteiger partial charge in [0, 0.05) is 40.7 Å². The first-order valence-electron chi connectivity index (χ1n) is 10.0. The summed E-state index contributed by atoms with van der Waals surface area (Å²) in [6.45, 7) is 2.04. The number of pyridine rings is 2. The molecule has 0 spiro atoms. The lowest BCUT2D eigenvalue weighted by atomic mass is 10.0. The molecule has 5 rings (SSSR count). The van der Waals surface area contributed by atoms with Crippen molar-refractivity contribution in [2.75, 3.05) is 18.8 Å². The molecule has 1 aromatic carbocycles. The number of hydrogen-bond acceptors (Lipinski definition) is 6. The molecule has 4 aromatic rings. The zero-order valence-electron chi connectivity index (χ0n) is 17.6. The van der Waals surface area contributed by atoms with Gasteiger partial charge in [0.05, 0.1) is 29.6 Å². The van der Waals surface area contributed by atoms with Crippen LogP contribution in [0.4, 0.5) is 5.82 Å². The Hall–Kier alpha value is -2.89. The van der Waals surface area contributed by atoms with Crippen LogP contribution in [-0.2, 0) is 0 Å². The molecule has 0 saturated carbocycles. The van der Waals surface area contributed by atoms with E-state index in [0.29, 0.717) is 17.4 Å². The Bertz CT molecular complexity index is 1280. The summed E-state index contributed by atoms with van der Waals surface area (Å²) in [5.74, 6) is 0.424. The summed E-state index contributed by atoms with van der Waals surface area (Å²) in [5.41, 5.74) is 10.3. The SMILES string of the molecule is Cl.Cl.Cl.N#Cc1ccc2cnc(-c3cc(-c4cnn(C5CCNCC5)c4)cnc3N)cc2c1. The van der Waals surface area contributed by atoms with Crippen molar-refractivity contribution in [3.8, 4) is 28.5 Å². The lowest BCUT2D eigenvalue weighted by molar-refractivity contribution is 0.343. The average Bonchev–Trinajstić information content (AvgIpc) is 3.29. The molecular formula is C23H24Cl3N7. The molecule has 0 atom stereocenters. The van der Waals surface area contributed by atoms with E-state index in [9.17, 15) is 5.26 Å². The highest BCUT2D eigenvalue weighted by atomic mass is 35.5.